The van der Waals surface area contributed by atoms with Crippen molar-refractivity contribution in [1.29, 1.82) is 0 Å². The van der Waals surface area contributed by atoms with Crippen LogP contribution in [0, 0.1) is 0 Å². The van der Waals surface area contributed by atoms with Crippen LogP contribution in [0.15, 0.2) is 36.5 Å². The molecule has 0 bridgehead atoms. The minimum atomic E-state index is -4.56. The Morgan fingerprint density at radius 2 is 1.85 bits per heavy atom. The van der Waals surface area contributed by atoms with Crippen LogP contribution in [0.1, 0.15) is 21.6 Å². The summed E-state index contributed by atoms with van der Waals surface area (Å²) < 4.78 is 37.4. The van der Waals surface area contributed by atoms with Gasteiger partial charge in [0.25, 0.3) is 0 Å². The molecule has 0 aliphatic heterocycles. The van der Waals surface area contributed by atoms with Crippen molar-refractivity contribution in [1.82, 2.24) is 4.98 Å². The molecule has 0 amide bonds. The number of aromatic nitrogens is 1. The summed E-state index contributed by atoms with van der Waals surface area (Å²) in [5.74, 6) is -0.591. The van der Waals surface area contributed by atoms with E-state index in [-0.39, 0.29) is 16.3 Å². The Bertz CT molecular complexity index is 671. The van der Waals surface area contributed by atoms with Crippen molar-refractivity contribution in [3.8, 4) is 0 Å². The Kier molecular flexibility index (Phi) is 4.01. The summed E-state index contributed by atoms with van der Waals surface area (Å²) in [6.45, 7) is 0. The predicted octanol–water partition coefficient (Wildman–Crippen LogP) is 4.64. The lowest BCUT2D eigenvalue weighted by molar-refractivity contribution is -0.137. The van der Waals surface area contributed by atoms with Gasteiger partial charge in [0.05, 0.1) is 10.6 Å². The molecule has 0 fully saturated rings. The Hall–Kier alpha value is -1.59. The highest BCUT2D eigenvalue weighted by Gasteiger charge is 2.32. The average Bonchev–Trinajstić information content (AvgIpc) is 2.36. The van der Waals surface area contributed by atoms with E-state index in [4.69, 9.17) is 23.2 Å². The molecule has 2 nitrogen and oxygen atoms in total. The number of hydrogen-bond donors (Lipinski definition) is 0. The second kappa shape index (κ2) is 5.42. The lowest BCUT2D eigenvalue weighted by Crippen LogP contribution is -2.10. The maximum atomic E-state index is 12.5. The zero-order valence-electron chi connectivity index (χ0n) is 9.71. The number of carbonyl (C=O) groups is 1. The molecule has 2 rings (SSSR count). The number of halogens is 5. The molecule has 1 aromatic heterocycles. The normalized spacial score (nSPS) is 11.4. The first-order chi connectivity index (χ1) is 9.29. The number of hydrogen-bond acceptors (Lipinski definition) is 2. The molecular formula is C13H6Cl2F3NO. The Morgan fingerprint density at radius 3 is 2.40 bits per heavy atom. The highest BCUT2D eigenvalue weighted by Crippen LogP contribution is 2.31. The van der Waals surface area contributed by atoms with Crippen molar-refractivity contribution >= 4 is 29.0 Å². The number of alkyl halides is 3. The molecule has 20 heavy (non-hydrogen) atoms. The molecule has 0 radical (unpaired) electrons. The largest absolute Gasteiger partial charge is 0.417 e. The van der Waals surface area contributed by atoms with Crippen molar-refractivity contribution in [3.63, 3.8) is 0 Å². The van der Waals surface area contributed by atoms with Crippen molar-refractivity contribution < 1.29 is 18.0 Å². The monoisotopic (exact) mass is 319 g/mol. The molecule has 104 valence electrons. The van der Waals surface area contributed by atoms with Gasteiger partial charge in [-0.05, 0) is 18.2 Å². The highest BCUT2D eigenvalue weighted by molar-refractivity contribution is 6.35. The van der Waals surface area contributed by atoms with Gasteiger partial charge in [-0.1, -0.05) is 35.3 Å². The zero-order valence-corrected chi connectivity index (χ0v) is 11.2. The van der Waals surface area contributed by atoms with Gasteiger partial charge < -0.3 is 0 Å². The van der Waals surface area contributed by atoms with Crippen LogP contribution in [-0.2, 0) is 6.18 Å². The first-order valence-electron chi connectivity index (χ1n) is 5.32. The second-order valence-corrected chi connectivity index (χ2v) is 4.74. The van der Waals surface area contributed by atoms with Crippen molar-refractivity contribution in [2.24, 2.45) is 0 Å². The van der Waals surface area contributed by atoms with E-state index in [0.29, 0.717) is 17.3 Å². The number of ketones is 1. The van der Waals surface area contributed by atoms with Crippen molar-refractivity contribution in [2.75, 3.05) is 0 Å². The summed E-state index contributed by atoms with van der Waals surface area (Å²) in [6, 6.07) is 6.66. The third-order valence-corrected chi connectivity index (χ3v) is 2.99. The SMILES string of the molecule is O=C(c1cccc(Cl)c1)c1ncc(C(F)(F)F)cc1Cl. The van der Waals surface area contributed by atoms with E-state index >= 15 is 0 Å². The number of nitrogens with zero attached hydrogens (tertiary/aromatic N) is 1. The zero-order chi connectivity index (χ0) is 14.9. The standard InChI is InChI=1S/C13H6Cl2F3NO/c14-9-3-1-2-7(4-9)12(20)11-10(15)5-8(6-19-11)13(16,17)18/h1-6H. The minimum absolute atomic E-state index is 0.201. The van der Waals surface area contributed by atoms with Gasteiger partial charge >= 0.3 is 6.18 Å². The summed E-state index contributed by atoms with van der Waals surface area (Å²) in [7, 11) is 0. The van der Waals surface area contributed by atoms with Gasteiger partial charge in [-0.2, -0.15) is 13.2 Å². The fraction of sp³-hybridized carbons (Fsp3) is 0.0769. The smallest absolute Gasteiger partial charge is 0.287 e. The fourth-order valence-electron chi connectivity index (χ4n) is 1.53. The molecule has 7 heteroatoms. The molecule has 0 aliphatic rings. The number of rotatable bonds is 2. The summed E-state index contributed by atoms with van der Waals surface area (Å²) in [4.78, 5) is 15.6. The van der Waals surface area contributed by atoms with Crippen LogP contribution >= 0.6 is 23.2 Å². The third-order valence-electron chi connectivity index (χ3n) is 2.47. The van der Waals surface area contributed by atoms with Crippen LogP contribution in [0.2, 0.25) is 10.0 Å². The molecule has 0 spiro atoms. The Labute approximate surface area is 122 Å². The van der Waals surface area contributed by atoms with E-state index in [1.165, 1.54) is 12.1 Å². The molecule has 0 N–H and O–H groups in total. The first-order valence-corrected chi connectivity index (χ1v) is 6.07. The maximum absolute atomic E-state index is 12.5. The number of carbonyl (C=O) groups excluding carboxylic acids is 1. The lowest BCUT2D eigenvalue weighted by Gasteiger charge is -2.08. The maximum Gasteiger partial charge on any atom is 0.417 e. The van der Waals surface area contributed by atoms with Gasteiger partial charge in [0.15, 0.2) is 0 Å². The fourth-order valence-corrected chi connectivity index (χ4v) is 1.97. The van der Waals surface area contributed by atoms with Crippen LogP contribution in [0.25, 0.3) is 0 Å². The van der Waals surface area contributed by atoms with E-state index in [0.717, 1.165) is 0 Å². The quantitative estimate of drug-likeness (QED) is 0.755. The Morgan fingerprint density at radius 1 is 1.15 bits per heavy atom. The molecule has 1 aromatic carbocycles. The molecular weight excluding hydrogens is 314 g/mol. The Balaban J connectivity index is 2.41. The summed E-state index contributed by atoms with van der Waals surface area (Å²) in [5.41, 5.74) is -1.06. The van der Waals surface area contributed by atoms with Crippen LogP contribution in [-0.4, -0.2) is 10.8 Å². The predicted molar refractivity (Wildman–Crippen MR) is 69.1 cm³/mol. The van der Waals surface area contributed by atoms with E-state index in [2.05, 4.69) is 4.98 Å². The van der Waals surface area contributed by atoms with E-state index in [1.807, 2.05) is 0 Å². The summed E-state index contributed by atoms with van der Waals surface area (Å²) in [5, 5.41) is -0.0244. The van der Waals surface area contributed by atoms with E-state index in [9.17, 15) is 18.0 Å². The molecule has 0 saturated heterocycles. The van der Waals surface area contributed by atoms with Crippen LogP contribution in [0.3, 0.4) is 0 Å². The highest BCUT2D eigenvalue weighted by atomic mass is 35.5. The molecule has 2 aromatic rings. The van der Waals surface area contributed by atoms with Gasteiger partial charge in [-0.15, -0.1) is 0 Å². The van der Waals surface area contributed by atoms with E-state index in [1.54, 1.807) is 12.1 Å². The summed E-state index contributed by atoms with van der Waals surface area (Å²) >= 11 is 11.5. The van der Waals surface area contributed by atoms with Crippen LogP contribution in [0.5, 0.6) is 0 Å². The van der Waals surface area contributed by atoms with Crippen LogP contribution < -0.4 is 0 Å². The summed E-state index contributed by atoms with van der Waals surface area (Å²) in [6.07, 6.45) is -3.99. The van der Waals surface area contributed by atoms with Gasteiger partial charge in [0.1, 0.15) is 5.69 Å². The van der Waals surface area contributed by atoms with Gasteiger partial charge in [-0.25, -0.2) is 0 Å². The first kappa shape index (κ1) is 14.8. The minimum Gasteiger partial charge on any atom is -0.287 e. The lowest BCUT2D eigenvalue weighted by atomic mass is 10.1. The molecule has 0 unspecified atom stereocenters. The number of pyridine rings is 1. The molecule has 1 heterocycles. The van der Waals surface area contributed by atoms with Gasteiger partial charge in [-0.3, -0.25) is 9.78 Å². The second-order valence-electron chi connectivity index (χ2n) is 3.89. The van der Waals surface area contributed by atoms with Crippen LogP contribution in [0.4, 0.5) is 13.2 Å². The molecule has 0 aliphatic carbocycles. The number of benzene rings is 1. The average molecular weight is 320 g/mol. The molecule has 0 atom stereocenters. The van der Waals surface area contributed by atoms with Crippen molar-refractivity contribution in [2.45, 2.75) is 6.18 Å². The van der Waals surface area contributed by atoms with Gasteiger partial charge in [0.2, 0.25) is 5.78 Å². The van der Waals surface area contributed by atoms with E-state index < -0.39 is 17.5 Å². The van der Waals surface area contributed by atoms with Crippen molar-refractivity contribution in [3.05, 3.63) is 63.4 Å². The topological polar surface area (TPSA) is 30.0 Å². The third kappa shape index (κ3) is 3.11. The molecule has 0 saturated carbocycles. The van der Waals surface area contributed by atoms with Gasteiger partial charge in [0, 0.05) is 16.8 Å².